The van der Waals surface area contributed by atoms with Gasteiger partial charge in [-0.15, -0.1) is 24.0 Å². The molecule has 3 fully saturated rings. The van der Waals surface area contributed by atoms with E-state index in [2.05, 4.69) is 41.5 Å². The normalized spacial score (nSPS) is 30.4. The number of carbonyl (C=O) groups excluding carboxylic acids is 2. The number of carbonyl (C=O) groups is 2. The lowest BCUT2D eigenvalue weighted by atomic mass is 9.85. The first-order chi connectivity index (χ1) is 15.1. The number of guanidine groups is 1. The minimum Gasteiger partial charge on any atom is -0.357 e. The van der Waals surface area contributed by atoms with Crippen molar-refractivity contribution in [2.24, 2.45) is 34.6 Å². The fourth-order valence-electron chi connectivity index (χ4n) is 5.86. The summed E-state index contributed by atoms with van der Waals surface area (Å²) in [6.45, 7) is 10.7. The Labute approximate surface area is 209 Å². The Kier molecular flexibility index (Phi) is 9.40. The van der Waals surface area contributed by atoms with E-state index in [1.807, 2.05) is 0 Å². The standard InChI is InChI=1S/C24H39N5O2.HI/c1-3-25-24(27-15-17(2)16-28-11-5-4-6-12-28)26-10-7-13-29-22(30)20-18-8-9-19(14-18)21(20)23(29)31;/h8-9,17-21H,3-7,10-16H2,1-2H3,(H2,25,26,27);1H. The molecule has 4 aliphatic rings. The highest BCUT2D eigenvalue weighted by Crippen LogP contribution is 2.52. The summed E-state index contributed by atoms with van der Waals surface area (Å²) in [7, 11) is 0. The molecule has 2 bridgehead atoms. The number of nitrogens with zero attached hydrogens (tertiary/aromatic N) is 3. The summed E-state index contributed by atoms with van der Waals surface area (Å²) in [5, 5.41) is 6.69. The van der Waals surface area contributed by atoms with Crippen molar-refractivity contribution in [2.75, 3.05) is 45.8 Å². The molecule has 1 saturated carbocycles. The van der Waals surface area contributed by atoms with Gasteiger partial charge < -0.3 is 15.5 Å². The van der Waals surface area contributed by atoms with Crippen LogP contribution in [0, 0.1) is 29.6 Å². The topological polar surface area (TPSA) is 77.0 Å². The van der Waals surface area contributed by atoms with E-state index in [4.69, 9.17) is 4.99 Å². The SMILES string of the molecule is CCNC(=NCC(C)CN1CCCCC1)NCCCN1C(=O)C2C3C=CC(C3)C2C1=O.I. The molecule has 0 spiro atoms. The average molecular weight is 558 g/mol. The minimum atomic E-state index is -0.0873. The molecule has 32 heavy (non-hydrogen) atoms. The van der Waals surface area contributed by atoms with Crippen LogP contribution in [0.15, 0.2) is 17.1 Å². The number of imide groups is 1. The van der Waals surface area contributed by atoms with E-state index < -0.39 is 0 Å². The highest BCUT2D eigenvalue weighted by Gasteiger charge is 2.58. The monoisotopic (exact) mass is 557 g/mol. The molecule has 8 heteroatoms. The summed E-state index contributed by atoms with van der Waals surface area (Å²) in [6, 6.07) is 0. The molecule has 2 amide bonds. The summed E-state index contributed by atoms with van der Waals surface area (Å²) >= 11 is 0. The first-order valence-corrected chi connectivity index (χ1v) is 12.4. The molecule has 7 nitrogen and oxygen atoms in total. The van der Waals surface area contributed by atoms with Crippen LogP contribution in [0.3, 0.4) is 0 Å². The molecule has 5 unspecified atom stereocenters. The van der Waals surface area contributed by atoms with E-state index in [0.29, 0.717) is 19.0 Å². The average Bonchev–Trinajstić information content (AvgIpc) is 3.45. The van der Waals surface area contributed by atoms with Crippen molar-refractivity contribution < 1.29 is 9.59 Å². The maximum atomic E-state index is 12.8. The van der Waals surface area contributed by atoms with E-state index in [0.717, 1.165) is 38.4 Å². The number of piperidine rings is 1. The lowest BCUT2D eigenvalue weighted by Gasteiger charge is -2.28. The zero-order valence-electron chi connectivity index (χ0n) is 19.6. The van der Waals surface area contributed by atoms with Crippen molar-refractivity contribution in [1.82, 2.24) is 20.4 Å². The van der Waals surface area contributed by atoms with Crippen LogP contribution in [0.5, 0.6) is 0 Å². The number of amides is 2. The van der Waals surface area contributed by atoms with Crippen LogP contribution in [0.4, 0.5) is 0 Å². The van der Waals surface area contributed by atoms with Crippen LogP contribution in [-0.4, -0.2) is 73.4 Å². The third kappa shape index (κ3) is 5.66. The Balaban J connectivity index is 0.00000289. The van der Waals surface area contributed by atoms with Gasteiger partial charge in [-0.2, -0.15) is 0 Å². The van der Waals surface area contributed by atoms with E-state index in [1.54, 1.807) is 0 Å². The number of hydrogen-bond acceptors (Lipinski definition) is 4. The third-order valence-electron chi connectivity index (χ3n) is 7.34. The van der Waals surface area contributed by atoms with Gasteiger partial charge >= 0.3 is 0 Å². The molecule has 0 aromatic rings. The molecule has 0 radical (unpaired) electrons. The molecular weight excluding hydrogens is 517 g/mol. The van der Waals surface area contributed by atoms with Crippen molar-refractivity contribution in [3.05, 3.63) is 12.2 Å². The Morgan fingerprint density at radius 2 is 1.75 bits per heavy atom. The molecule has 2 aliphatic heterocycles. The van der Waals surface area contributed by atoms with Gasteiger partial charge in [-0.1, -0.05) is 25.5 Å². The van der Waals surface area contributed by atoms with E-state index >= 15 is 0 Å². The lowest BCUT2D eigenvalue weighted by molar-refractivity contribution is -0.140. The zero-order valence-corrected chi connectivity index (χ0v) is 21.9. The predicted molar refractivity (Wildman–Crippen MR) is 138 cm³/mol. The number of halogens is 1. The highest BCUT2D eigenvalue weighted by molar-refractivity contribution is 14.0. The second kappa shape index (κ2) is 11.8. The minimum absolute atomic E-state index is 0. The van der Waals surface area contributed by atoms with Crippen LogP contribution < -0.4 is 10.6 Å². The molecular formula is C24H40IN5O2. The Morgan fingerprint density at radius 3 is 2.38 bits per heavy atom. The Hall–Kier alpha value is -1.16. The van der Waals surface area contributed by atoms with Crippen LogP contribution in [0.1, 0.15) is 46.0 Å². The molecule has 5 atom stereocenters. The van der Waals surface area contributed by atoms with Gasteiger partial charge in [0.1, 0.15) is 0 Å². The van der Waals surface area contributed by atoms with Crippen molar-refractivity contribution >= 4 is 41.8 Å². The van der Waals surface area contributed by atoms with Crippen LogP contribution in [-0.2, 0) is 9.59 Å². The maximum absolute atomic E-state index is 12.8. The van der Waals surface area contributed by atoms with Gasteiger partial charge in [-0.05, 0) is 63.5 Å². The van der Waals surface area contributed by atoms with Gasteiger partial charge in [0.05, 0.1) is 11.8 Å². The summed E-state index contributed by atoms with van der Waals surface area (Å²) in [6.07, 6.45) is 10.0. The molecule has 180 valence electrons. The van der Waals surface area contributed by atoms with Crippen molar-refractivity contribution in [3.63, 3.8) is 0 Å². The van der Waals surface area contributed by atoms with E-state index in [-0.39, 0.29) is 59.5 Å². The van der Waals surface area contributed by atoms with E-state index in [9.17, 15) is 9.59 Å². The molecule has 0 aromatic carbocycles. The molecule has 2 heterocycles. The fourth-order valence-corrected chi connectivity index (χ4v) is 5.86. The van der Waals surface area contributed by atoms with Crippen molar-refractivity contribution in [1.29, 1.82) is 0 Å². The smallest absolute Gasteiger partial charge is 0.233 e. The first kappa shape index (κ1) is 25.5. The number of rotatable bonds is 9. The zero-order chi connectivity index (χ0) is 21.8. The van der Waals surface area contributed by atoms with E-state index in [1.165, 1.54) is 37.3 Å². The second-order valence-corrected chi connectivity index (χ2v) is 9.79. The lowest BCUT2D eigenvalue weighted by Crippen LogP contribution is -2.40. The number of fused-ring (bicyclic) bond motifs is 5. The first-order valence-electron chi connectivity index (χ1n) is 12.4. The molecule has 2 aliphatic carbocycles. The van der Waals surface area contributed by atoms with Gasteiger partial charge in [-0.3, -0.25) is 19.5 Å². The summed E-state index contributed by atoms with van der Waals surface area (Å²) in [5.74, 6) is 1.86. The summed E-state index contributed by atoms with van der Waals surface area (Å²) in [4.78, 5) is 34.4. The van der Waals surface area contributed by atoms with Gasteiger partial charge in [-0.25, -0.2) is 0 Å². The predicted octanol–water partition coefficient (Wildman–Crippen LogP) is 2.48. The number of aliphatic imine (C=N–C) groups is 1. The van der Waals surface area contributed by atoms with Crippen molar-refractivity contribution in [2.45, 2.75) is 46.0 Å². The van der Waals surface area contributed by atoms with Gasteiger partial charge in [0.25, 0.3) is 0 Å². The third-order valence-corrected chi connectivity index (χ3v) is 7.34. The number of hydrogen-bond donors (Lipinski definition) is 2. The maximum Gasteiger partial charge on any atom is 0.233 e. The van der Waals surface area contributed by atoms with Gasteiger partial charge in [0.2, 0.25) is 11.8 Å². The molecule has 2 N–H and O–H groups in total. The van der Waals surface area contributed by atoms with Crippen molar-refractivity contribution in [3.8, 4) is 0 Å². The number of nitrogens with one attached hydrogen (secondary N) is 2. The second-order valence-electron chi connectivity index (χ2n) is 9.79. The largest absolute Gasteiger partial charge is 0.357 e. The molecule has 0 aromatic heterocycles. The molecule has 2 saturated heterocycles. The number of allylic oxidation sites excluding steroid dienone is 2. The van der Waals surface area contributed by atoms with Gasteiger partial charge in [0.15, 0.2) is 5.96 Å². The molecule has 4 rings (SSSR count). The Morgan fingerprint density at radius 1 is 1.09 bits per heavy atom. The Bertz CT molecular complexity index is 691. The highest BCUT2D eigenvalue weighted by atomic mass is 127. The van der Waals surface area contributed by atoms with Crippen LogP contribution in [0.2, 0.25) is 0 Å². The summed E-state index contributed by atoms with van der Waals surface area (Å²) < 4.78 is 0. The van der Waals surface area contributed by atoms with Crippen LogP contribution >= 0.6 is 24.0 Å². The quantitative estimate of drug-likeness (QED) is 0.114. The van der Waals surface area contributed by atoms with Crippen LogP contribution in [0.25, 0.3) is 0 Å². The summed E-state index contributed by atoms with van der Waals surface area (Å²) in [5.41, 5.74) is 0. The van der Waals surface area contributed by atoms with Gasteiger partial charge in [0, 0.05) is 32.7 Å². The fraction of sp³-hybridized carbons (Fsp3) is 0.792. The number of likely N-dealkylation sites (tertiary alicyclic amines) is 2.